The quantitative estimate of drug-likeness (QED) is 0.777. The summed E-state index contributed by atoms with van der Waals surface area (Å²) in [7, 11) is 0. The maximum Gasteiger partial charge on any atom is 0.328 e. The van der Waals surface area contributed by atoms with Crippen LogP contribution in [0.25, 0.3) is 12.2 Å². The van der Waals surface area contributed by atoms with Crippen molar-refractivity contribution in [1.82, 2.24) is 5.32 Å². The van der Waals surface area contributed by atoms with Gasteiger partial charge < -0.3 is 10.4 Å². The summed E-state index contributed by atoms with van der Waals surface area (Å²) in [5.74, 6) is -0.924. The molecule has 22 heavy (non-hydrogen) atoms. The van der Waals surface area contributed by atoms with Gasteiger partial charge >= 0.3 is 5.97 Å². The molecule has 0 spiro atoms. The first-order valence-electron chi connectivity index (χ1n) is 7.97. The first-order chi connectivity index (χ1) is 10.5. The lowest BCUT2D eigenvalue weighted by Crippen LogP contribution is -2.44. The molecule has 1 aliphatic carbocycles. The first kappa shape index (κ1) is 16.5. The van der Waals surface area contributed by atoms with Gasteiger partial charge in [-0.3, -0.25) is 0 Å². The number of aliphatic carboxylic acids is 1. The summed E-state index contributed by atoms with van der Waals surface area (Å²) in [6.45, 7) is 4.38. The van der Waals surface area contributed by atoms with Crippen LogP contribution in [0.15, 0.2) is 36.4 Å². The van der Waals surface area contributed by atoms with E-state index in [9.17, 15) is 4.79 Å². The summed E-state index contributed by atoms with van der Waals surface area (Å²) in [6.07, 6.45) is 12.2. The van der Waals surface area contributed by atoms with Crippen LogP contribution in [0.4, 0.5) is 0 Å². The van der Waals surface area contributed by atoms with Gasteiger partial charge in [-0.15, -0.1) is 0 Å². The van der Waals surface area contributed by atoms with Crippen LogP contribution in [0, 0.1) is 0 Å². The topological polar surface area (TPSA) is 49.3 Å². The van der Waals surface area contributed by atoms with Gasteiger partial charge in [0, 0.05) is 17.7 Å². The van der Waals surface area contributed by atoms with E-state index >= 15 is 0 Å². The third-order valence-electron chi connectivity index (χ3n) is 4.02. The van der Waals surface area contributed by atoms with E-state index in [2.05, 4.69) is 31.3 Å². The molecule has 1 aromatic rings. The molecule has 0 bridgehead atoms. The summed E-state index contributed by atoms with van der Waals surface area (Å²) in [5.41, 5.74) is 2.18. The molecule has 3 heteroatoms. The second-order valence-corrected chi connectivity index (χ2v) is 6.33. The maximum atomic E-state index is 10.5. The van der Waals surface area contributed by atoms with E-state index in [1.54, 1.807) is 6.08 Å². The van der Waals surface area contributed by atoms with Crippen molar-refractivity contribution in [2.24, 2.45) is 0 Å². The van der Waals surface area contributed by atoms with Crippen LogP contribution in [0.3, 0.4) is 0 Å². The monoisotopic (exact) mass is 299 g/mol. The molecular formula is C19H25NO2. The second-order valence-electron chi connectivity index (χ2n) is 6.33. The molecule has 0 amide bonds. The molecule has 0 heterocycles. The highest BCUT2D eigenvalue weighted by atomic mass is 16.4. The molecule has 1 fully saturated rings. The van der Waals surface area contributed by atoms with E-state index in [-0.39, 0.29) is 5.54 Å². The summed E-state index contributed by atoms with van der Waals surface area (Å²) < 4.78 is 0. The van der Waals surface area contributed by atoms with Crippen LogP contribution in [0.2, 0.25) is 0 Å². The Kier molecular flexibility index (Phi) is 5.56. The van der Waals surface area contributed by atoms with Gasteiger partial charge in [0.15, 0.2) is 0 Å². The number of carbonyl (C=O) groups is 1. The molecule has 2 rings (SSSR count). The summed E-state index contributed by atoms with van der Waals surface area (Å²) in [5, 5.41) is 12.3. The van der Waals surface area contributed by atoms with Crippen LogP contribution < -0.4 is 5.32 Å². The van der Waals surface area contributed by atoms with Crippen LogP contribution >= 0.6 is 0 Å². The van der Waals surface area contributed by atoms with Crippen LogP contribution in [-0.4, -0.2) is 22.7 Å². The average Bonchev–Trinajstić information content (AvgIpc) is 2.92. The van der Waals surface area contributed by atoms with Crippen molar-refractivity contribution in [1.29, 1.82) is 0 Å². The Morgan fingerprint density at radius 2 is 1.68 bits per heavy atom. The fourth-order valence-corrected chi connectivity index (χ4v) is 3.08. The number of hydrogen-bond donors (Lipinski definition) is 2. The highest BCUT2D eigenvalue weighted by Gasteiger charge is 2.31. The van der Waals surface area contributed by atoms with Crippen molar-refractivity contribution >= 4 is 18.1 Å². The van der Waals surface area contributed by atoms with Gasteiger partial charge in [-0.25, -0.2) is 4.79 Å². The standard InChI is InChI=1S/C19H25NO2/c1-15(2)20-19(12-3-4-13-19)14-11-17-7-5-16(6-8-17)9-10-18(21)22/h5-11,14-15,20H,3-4,12-13H2,1-2H3,(H,21,22)/b10-9+,14-11+. The predicted octanol–water partition coefficient (Wildman–Crippen LogP) is 4.11. The third-order valence-corrected chi connectivity index (χ3v) is 4.02. The number of benzene rings is 1. The molecule has 3 nitrogen and oxygen atoms in total. The van der Waals surface area contributed by atoms with Gasteiger partial charge in [0.1, 0.15) is 0 Å². The van der Waals surface area contributed by atoms with Crippen molar-refractivity contribution in [2.45, 2.75) is 51.1 Å². The number of hydrogen-bond acceptors (Lipinski definition) is 2. The SMILES string of the molecule is CC(C)NC1(/C=C/c2ccc(/C=C/C(=O)O)cc2)CCCC1. The summed E-state index contributed by atoms with van der Waals surface area (Å²) in [4.78, 5) is 10.5. The fraction of sp³-hybridized carbons (Fsp3) is 0.421. The maximum absolute atomic E-state index is 10.5. The molecule has 1 saturated carbocycles. The average molecular weight is 299 g/mol. The van der Waals surface area contributed by atoms with E-state index in [0.717, 1.165) is 17.2 Å². The van der Waals surface area contributed by atoms with E-state index in [4.69, 9.17) is 5.11 Å². The minimum atomic E-state index is -0.924. The molecule has 118 valence electrons. The zero-order valence-electron chi connectivity index (χ0n) is 13.4. The largest absolute Gasteiger partial charge is 0.478 e. The Morgan fingerprint density at radius 3 is 2.18 bits per heavy atom. The van der Waals surface area contributed by atoms with Crippen LogP contribution in [0.5, 0.6) is 0 Å². The van der Waals surface area contributed by atoms with Crippen molar-refractivity contribution in [3.05, 3.63) is 47.5 Å². The molecular weight excluding hydrogens is 274 g/mol. The Bertz CT molecular complexity index is 549. The lowest BCUT2D eigenvalue weighted by molar-refractivity contribution is -0.131. The van der Waals surface area contributed by atoms with E-state index in [1.807, 2.05) is 24.3 Å². The van der Waals surface area contributed by atoms with Crippen molar-refractivity contribution in [2.75, 3.05) is 0 Å². The third kappa shape index (κ3) is 4.85. The number of carboxylic acids is 1. The highest BCUT2D eigenvalue weighted by Crippen LogP contribution is 2.32. The minimum absolute atomic E-state index is 0.135. The van der Waals surface area contributed by atoms with Gasteiger partial charge in [-0.1, -0.05) is 63.1 Å². The molecule has 1 aliphatic rings. The molecule has 0 aromatic heterocycles. The van der Waals surface area contributed by atoms with Gasteiger partial charge in [-0.2, -0.15) is 0 Å². The Hall–Kier alpha value is -1.87. The van der Waals surface area contributed by atoms with E-state index in [0.29, 0.717) is 6.04 Å². The van der Waals surface area contributed by atoms with Crippen LogP contribution in [0.1, 0.15) is 50.7 Å². The predicted molar refractivity (Wildman–Crippen MR) is 91.6 cm³/mol. The molecule has 0 atom stereocenters. The molecule has 0 aliphatic heterocycles. The van der Waals surface area contributed by atoms with Gasteiger partial charge in [0.2, 0.25) is 0 Å². The van der Waals surface area contributed by atoms with Crippen LogP contribution in [-0.2, 0) is 4.79 Å². The Labute approximate surface area is 132 Å². The summed E-state index contributed by atoms with van der Waals surface area (Å²) in [6, 6.07) is 8.41. The second kappa shape index (κ2) is 7.41. The van der Waals surface area contributed by atoms with Gasteiger partial charge in [0.05, 0.1) is 0 Å². The van der Waals surface area contributed by atoms with Crippen molar-refractivity contribution < 1.29 is 9.90 Å². The lowest BCUT2D eigenvalue weighted by Gasteiger charge is -2.29. The smallest absolute Gasteiger partial charge is 0.328 e. The Balaban J connectivity index is 2.07. The van der Waals surface area contributed by atoms with Crippen molar-refractivity contribution in [3.8, 4) is 0 Å². The lowest BCUT2D eigenvalue weighted by atomic mass is 9.94. The Morgan fingerprint density at radius 1 is 1.14 bits per heavy atom. The van der Waals surface area contributed by atoms with Gasteiger partial charge in [0.25, 0.3) is 0 Å². The zero-order chi connectivity index (χ0) is 16.0. The fourth-order valence-electron chi connectivity index (χ4n) is 3.08. The molecule has 0 saturated heterocycles. The molecule has 2 N–H and O–H groups in total. The van der Waals surface area contributed by atoms with E-state index in [1.165, 1.54) is 25.7 Å². The number of nitrogens with one attached hydrogen (secondary N) is 1. The first-order valence-corrected chi connectivity index (χ1v) is 7.97. The van der Waals surface area contributed by atoms with Crippen molar-refractivity contribution in [3.63, 3.8) is 0 Å². The molecule has 0 radical (unpaired) electrons. The summed E-state index contributed by atoms with van der Waals surface area (Å²) >= 11 is 0. The number of rotatable bonds is 6. The minimum Gasteiger partial charge on any atom is -0.478 e. The van der Waals surface area contributed by atoms with Gasteiger partial charge in [-0.05, 0) is 30.0 Å². The number of carboxylic acid groups (broad SMARTS) is 1. The molecule has 1 aromatic carbocycles. The normalized spacial score (nSPS) is 17.8. The molecule has 0 unspecified atom stereocenters. The van der Waals surface area contributed by atoms with E-state index < -0.39 is 5.97 Å². The zero-order valence-corrected chi connectivity index (χ0v) is 13.4. The highest BCUT2D eigenvalue weighted by molar-refractivity contribution is 5.85.